The summed E-state index contributed by atoms with van der Waals surface area (Å²) in [4.78, 5) is 2.39. The molecule has 0 bridgehead atoms. The molecule has 0 heterocycles. The molecule has 0 aromatic heterocycles. The maximum absolute atomic E-state index is 6.12. The van der Waals surface area contributed by atoms with Crippen LogP contribution in [-0.4, -0.2) is 13.1 Å². The Bertz CT molecular complexity index is 384. The van der Waals surface area contributed by atoms with Crippen molar-refractivity contribution in [1.82, 2.24) is 0 Å². The zero-order chi connectivity index (χ0) is 13.0. The summed E-state index contributed by atoms with van der Waals surface area (Å²) in [6.45, 7) is 0.573. The maximum Gasteiger partial charge on any atom is 0.0426 e. The summed E-state index contributed by atoms with van der Waals surface area (Å²) in [5.41, 5.74) is 8.22. The fourth-order valence-corrected chi connectivity index (χ4v) is 3.05. The molecule has 18 heavy (non-hydrogen) atoms. The fraction of sp³-hybridized carbons (Fsp3) is 0.600. The lowest BCUT2D eigenvalue weighted by atomic mass is 10.0. The van der Waals surface area contributed by atoms with Gasteiger partial charge in [0, 0.05) is 30.3 Å². The first-order valence-electron chi connectivity index (χ1n) is 6.93. The molecule has 1 fully saturated rings. The van der Waals surface area contributed by atoms with Crippen molar-refractivity contribution in [3.8, 4) is 0 Å². The highest BCUT2D eigenvalue weighted by Crippen LogP contribution is 2.29. The van der Waals surface area contributed by atoms with E-state index in [2.05, 4.69) is 18.0 Å². The van der Waals surface area contributed by atoms with E-state index in [1.807, 2.05) is 12.1 Å². The standard InChI is InChI=1S/C15H23ClN2/c1-18(14-6-4-2-3-5-7-14)15-10-13(16)9-8-12(15)11-17/h8-10,14H,2-7,11,17H2,1H3. The number of benzene rings is 1. The van der Waals surface area contributed by atoms with Crippen LogP contribution in [0.4, 0.5) is 5.69 Å². The van der Waals surface area contributed by atoms with E-state index in [4.69, 9.17) is 17.3 Å². The smallest absolute Gasteiger partial charge is 0.0426 e. The minimum Gasteiger partial charge on any atom is -0.371 e. The predicted molar refractivity (Wildman–Crippen MR) is 79.2 cm³/mol. The number of anilines is 1. The largest absolute Gasteiger partial charge is 0.371 e. The maximum atomic E-state index is 6.12. The molecule has 0 saturated heterocycles. The van der Waals surface area contributed by atoms with Gasteiger partial charge in [-0.25, -0.2) is 0 Å². The molecular formula is C15H23ClN2. The number of nitrogens with zero attached hydrogens (tertiary/aromatic N) is 1. The van der Waals surface area contributed by atoms with E-state index in [-0.39, 0.29) is 0 Å². The van der Waals surface area contributed by atoms with Crippen LogP contribution < -0.4 is 10.6 Å². The first-order valence-corrected chi connectivity index (χ1v) is 7.31. The third-order valence-corrected chi connectivity index (χ3v) is 4.25. The van der Waals surface area contributed by atoms with Gasteiger partial charge in [0.05, 0.1) is 0 Å². The molecule has 3 heteroatoms. The molecule has 2 rings (SSSR count). The van der Waals surface area contributed by atoms with Crippen molar-refractivity contribution in [3.63, 3.8) is 0 Å². The SMILES string of the molecule is CN(c1cc(Cl)ccc1CN)C1CCCCCC1. The second-order valence-corrected chi connectivity index (χ2v) is 5.67. The van der Waals surface area contributed by atoms with Crippen LogP contribution in [0.15, 0.2) is 18.2 Å². The summed E-state index contributed by atoms with van der Waals surface area (Å²) in [6.07, 6.45) is 8.01. The van der Waals surface area contributed by atoms with Gasteiger partial charge in [0.15, 0.2) is 0 Å². The summed E-state index contributed by atoms with van der Waals surface area (Å²) in [7, 11) is 2.18. The van der Waals surface area contributed by atoms with Crippen molar-refractivity contribution < 1.29 is 0 Å². The summed E-state index contributed by atoms with van der Waals surface area (Å²) in [5.74, 6) is 0. The zero-order valence-corrected chi connectivity index (χ0v) is 11.9. The number of hydrogen-bond donors (Lipinski definition) is 1. The van der Waals surface area contributed by atoms with Gasteiger partial charge in [-0.1, -0.05) is 43.4 Å². The van der Waals surface area contributed by atoms with Crippen LogP contribution in [0.5, 0.6) is 0 Å². The third-order valence-electron chi connectivity index (χ3n) is 4.02. The first-order chi connectivity index (χ1) is 8.72. The minimum absolute atomic E-state index is 0.573. The molecule has 0 aliphatic heterocycles. The van der Waals surface area contributed by atoms with Crippen molar-refractivity contribution in [2.75, 3.05) is 11.9 Å². The highest BCUT2D eigenvalue weighted by Gasteiger charge is 2.19. The van der Waals surface area contributed by atoms with Crippen LogP contribution in [0.3, 0.4) is 0 Å². The Kier molecular flexibility index (Phi) is 4.90. The van der Waals surface area contributed by atoms with Crippen LogP contribution in [0.25, 0.3) is 0 Å². The summed E-state index contributed by atoms with van der Waals surface area (Å²) < 4.78 is 0. The monoisotopic (exact) mass is 266 g/mol. The van der Waals surface area contributed by atoms with E-state index in [0.717, 1.165) is 5.02 Å². The Morgan fingerprint density at radius 1 is 1.22 bits per heavy atom. The minimum atomic E-state index is 0.573. The van der Waals surface area contributed by atoms with Crippen molar-refractivity contribution in [1.29, 1.82) is 0 Å². The molecular weight excluding hydrogens is 244 g/mol. The molecule has 1 aromatic carbocycles. The fourth-order valence-electron chi connectivity index (χ4n) is 2.88. The Morgan fingerprint density at radius 3 is 2.50 bits per heavy atom. The van der Waals surface area contributed by atoms with Crippen molar-refractivity contribution >= 4 is 17.3 Å². The molecule has 1 aliphatic rings. The van der Waals surface area contributed by atoms with Crippen molar-refractivity contribution in [3.05, 3.63) is 28.8 Å². The molecule has 0 atom stereocenters. The van der Waals surface area contributed by atoms with Crippen LogP contribution in [0.1, 0.15) is 44.1 Å². The Morgan fingerprint density at radius 2 is 1.89 bits per heavy atom. The van der Waals surface area contributed by atoms with E-state index in [9.17, 15) is 0 Å². The lowest BCUT2D eigenvalue weighted by Gasteiger charge is -2.31. The highest BCUT2D eigenvalue weighted by molar-refractivity contribution is 6.30. The number of halogens is 1. The molecule has 0 amide bonds. The Hall–Kier alpha value is -0.730. The molecule has 2 N–H and O–H groups in total. The quantitative estimate of drug-likeness (QED) is 0.839. The topological polar surface area (TPSA) is 29.3 Å². The molecule has 100 valence electrons. The second kappa shape index (κ2) is 6.44. The van der Waals surface area contributed by atoms with Crippen LogP contribution in [0, 0.1) is 0 Å². The third kappa shape index (κ3) is 3.18. The van der Waals surface area contributed by atoms with Gasteiger partial charge in [0.25, 0.3) is 0 Å². The van der Waals surface area contributed by atoms with E-state index in [1.165, 1.54) is 49.8 Å². The van der Waals surface area contributed by atoms with E-state index in [0.29, 0.717) is 12.6 Å². The summed E-state index contributed by atoms with van der Waals surface area (Å²) >= 11 is 6.12. The second-order valence-electron chi connectivity index (χ2n) is 5.23. The lowest BCUT2D eigenvalue weighted by molar-refractivity contribution is 0.552. The van der Waals surface area contributed by atoms with Gasteiger partial charge in [-0.05, 0) is 30.5 Å². The number of rotatable bonds is 3. The van der Waals surface area contributed by atoms with Gasteiger partial charge >= 0.3 is 0 Å². The molecule has 2 nitrogen and oxygen atoms in total. The normalized spacial score (nSPS) is 17.5. The Labute approximate surface area is 115 Å². The van der Waals surface area contributed by atoms with Crippen LogP contribution in [0.2, 0.25) is 5.02 Å². The van der Waals surface area contributed by atoms with Crippen molar-refractivity contribution in [2.24, 2.45) is 5.73 Å². The average Bonchev–Trinajstić information content (AvgIpc) is 2.66. The van der Waals surface area contributed by atoms with E-state index in [1.54, 1.807) is 0 Å². The lowest BCUT2D eigenvalue weighted by Crippen LogP contribution is -2.32. The van der Waals surface area contributed by atoms with Gasteiger partial charge in [-0.3, -0.25) is 0 Å². The highest BCUT2D eigenvalue weighted by atomic mass is 35.5. The number of nitrogens with two attached hydrogens (primary N) is 1. The molecule has 0 radical (unpaired) electrons. The molecule has 1 saturated carbocycles. The molecule has 1 aliphatic carbocycles. The number of hydrogen-bond acceptors (Lipinski definition) is 2. The van der Waals surface area contributed by atoms with E-state index >= 15 is 0 Å². The summed E-state index contributed by atoms with van der Waals surface area (Å²) in [6, 6.07) is 6.66. The van der Waals surface area contributed by atoms with Crippen LogP contribution >= 0.6 is 11.6 Å². The molecule has 0 spiro atoms. The average molecular weight is 267 g/mol. The van der Waals surface area contributed by atoms with Gasteiger partial charge in [0.2, 0.25) is 0 Å². The first kappa shape index (κ1) is 13.7. The molecule has 0 unspecified atom stereocenters. The Balaban J connectivity index is 2.20. The molecule has 1 aromatic rings. The van der Waals surface area contributed by atoms with Gasteiger partial charge < -0.3 is 10.6 Å². The predicted octanol–water partition coefficient (Wildman–Crippen LogP) is 3.96. The van der Waals surface area contributed by atoms with E-state index < -0.39 is 0 Å². The van der Waals surface area contributed by atoms with Crippen molar-refractivity contribution in [2.45, 2.75) is 51.1 Å². The van der Waals surface area contributed by atoms with Gasteiger partial charge in [-0.2, -0.15) is 0 Å². The van der Waals surface area contributed by atoms with Gasteiger partial charge in [-0.15, -0.1) is 0 Å². The van der Waals surface area contributed by atoms with Crippen LogP contribution in [-0.2, 0) is 6.54 Å². The summed E-state index contributed by atoms with van der Waals surface area (Å²) in [5, 5.41) is 0.794. The van der Waals surface area contributed by atoms with Gasteiger partial charge in [0.1, 0.15) is 0 Å². The zero-order valence-electron chi connectivity index (χ0n) is 11.2.